The Morgan fingerprint density at radius 3 is 3.18 bits per heavy atom. The second-order valence-corrected chi connectivity index (χ2v) is 4.49. The van der Waals surface area contributed by atoms with Gasteiger partial charge < -0.3 is 14.5 Å². The first-order valence-corrected chi connectivity index (χ1v) is 6.07. The molecular weight excluding hydrogens is 220 g/mol. The number of hydrogen-bond acceptors (Lipinski definition) is 4. The minimum atomic E-state index is -0.0777. The number of nitrogens with zero attached hydrogens (tertiary/aromatic N) is 2. The molecule has 1 atom stereocenters. The molecule has 1 unspecified atom stereocenters. The molecule has 17 heavy (non-hydrogen) atoms. The third kappa shape index (κ3) is 2.66. The number of aromatic nitrogens is 1. The minimum absolute atomic E-state index is 0.0777. The van der Waals surface area contributed by atoms with Gasteiger partial charge in [-0.1, -0.05) is 5.16 Å². The Bertz CT molecular complexity index is 389. The Labute approximate surface area is 100 Å². The third-order valence-electron chi connectivity index (χ3n) is 3.17. The van der Waals surface area contributed by atoms with Crippen molar-refractivity contribution in [2.45, 2.75) is 38.6 Å². The number of aliphatic hydroxyl groups excluding tert-OH is 1. The summed E-state index contributed by atoms with van der Waals surface area (Å²) in [4.78, 5) is 14.0. The number of carbonyl (C=O) groups excluding carboxylic acids is 1. The van der Waals surface area contributed by atoms with Crippen molar-refractivity contribution in [3.05, 3.63) is 17.5 Å². The summed E-state index contributed by atoms with van der Waals surface area (Å²) in [6.07, 6.45) is 3.63. The Hall–Kier alpha value is -1.36. The fraction of sp³-hybridized carbons (Fsp3) is 0.667. The molecule has 1 saturated heterocycles. The van der Waals surface area contributed by atoms with Crippen LogP contribution in [-0.2, 0) is 0 Å². The molecule has 1 amide bonds. The van der Waals surface area contributed by atoms with E-state index in [9.17, 15) is 4.79 Å². The van der Waals surface area contributed by atoms with Crippen molar-refractivity contribution >= 4 is 5.91 Å². The molecule has 0 spiro atoms. The highest BCUT2D eigenvalue weighted by molar-refractivity contribution is 5.91. The number of rotatable bonds is 4. The highest BCUT2D eigenvalue weighted by Crippen LogP contribution is 2.23. The van der Waals surface area contributed by atoms with Crippen LogP contribution in [0.15, 0.2) is 10.6 Å². The van der Waals surface area contributed by atoms with Crippen LogP contribution in [0.5, 0.6) is 0 Å². The summed E-state index contributed by atoms with van der Waals surface area (Å²) in [5.74, 6) is 0.240. The summed E-state index contributed by atoms with van der Waals surface area (Å²) >= 11 is 0. The SMILES string of the molecule is Cc1cc(C(=O)N2CCCC2CCCO)on1. The zero-order valence-electron chi connectivity index (χ0n) is 10.1. The van der Waals surface area contributed by atoms with Gasteiger partial charge in [0.25, 0.3) is 5.91 Å². The van der Waals surface area contributed by atoms with Gasteiger partial charge in [0, 0.05) is 25.3 Å². The maximum atomic E-state index is 12.2. The van der Waals surface area contributed by atoms with Crippen molar-refractivity contribution in [3.63, 3.8) is 0 Å². The molecule has 0 aliphatic carbocycles. The molecule has 1 aromatic rings. The van der Waals surface area contributed by atoms with Crippen molar-refractivity contribution in [1.29, 1.82) is 0 Å². The monoisotopic (exact) mass is 238 g/mol. The molecule has 94 valence electrons. The number of likely N-dealkylation sites (tertiary alicyclic amines) is 1. The van der Waals surface area contributed by atoms with E-state index in [2.05, 4.69) is 5.16 Å². The maximum absolute atomic E-state index is 12.2. The second kappa shape index (κ2) is 5.31. The number of amides is 1. The summed E-state index contributed by atoms with van der Waals surface area (Å²) in [6, 6.07) is 1.91. The van der Waals surface area contributed by atoms with Gasteiger partial charge in [-0.3, -0.25) is 4.79 Å². The fourth-order valence-corrected chi connectivity index (χ4v) is 2.34. The van der Waals surface area contributed by atoms with Crippen LogP contribution in [0.25, 0.3) is 0 Å². The maximum Gasteiger partial charge on any atom is 0.292 e. The predicted molar refractivity (Wildman–Crippen MR) is 61.6 cm³/mol. The average molecular weight is 238 g/mol. The van der Waals surface area contributed by atoms with E-state index in [-0.39, 0.29) is 18.6 Å². The van der Waals surface area contributed by atoms with E-state index in [0.29, 0.717) is 5.76 Å². The highest BCUT2D eigenvalue weighted by atomic mass is 16.5. The number of hydrogen-bond donors (Lipinski definition) is 1. The van der Waals surface area contributed by atoms with Gasteiger partial charge in [0.1, 0.15) is 0 Å². The summed E-state index contributed by atoms with van der Waals surface area (Å²) in [7, 11) is 0. The fourth-order valence-electron chi connectivity index (χ4n) is 2.34. The Morgan fingerprint density at radius 1 is 1.71 bits per heavy atom. The van der Waals surface area contributed by atoms with Crippen LogP contribution in [0.2, 0.25) is 0 Å². The molecule has 0 bridgehead atoms. The van der Waals surface area contributed by atoms with Crippen molar-refractivity contribution in [2.75, 3.05) is 13.2 Å². The predicted octanol–water partition coefficient (Wildman–Crippen LogP) is 1.36. The van der Waals surface area contributed by atoms with Crippen molar-refractivity contribution in [2.24, 2.45) is 0 Å². The van der Waals surface area contributed by atoms with Gasteiger partial charge in [-0.25, -0.2) is 0 Å². The van der Waals surface area contributed by atoms with Gasteiger partial charge in [0.2, 0.25) is 5.76 Å². The summed E-state index contributed by atoms with van der Waals surface area (Å²) in [6.45, 7) is 2.75. The highest BCUT2D eigenvalue weighted by Gasteiger charge is 2.30. The minimum Gasteiger partial charge on any atom is -0.396 e. The molecule has 0 saturated carbocycles. The van der Waals surface area contributed by atoms with E-state index < -0.39 is 0 Å². The zero-order valence-corrected chi connectivity index (χ0v) is 10.1. The summed E-state index contributed by atoms with van der Waals surface area (Å²) in [5.41, 5.74) is 0.722. The smallest absolute Gasteiger partial charge is 0.292 e. The summed E-state index contributed by atoms with van der Waals surface area (Å²) in [5, 5.41) is 12.6. The lowest BCUT2D eigenvalue weighted by Gasteiger charge is -2.23. The molecule has 2 rings (SSSR count). The standard InChI is InChI=1S/C12H18N2O3/c1-9-8-11(17-13-9)12(16)14-6-2-4-10(14)5-3-7-15/h8,10,15H,2-7H2,1H3. The number of carbonyl (C=O) groups is 1. The molecule has 1 aromatic heterocycles. The van der Waals surface area contributed by atoms with E-state index in [1.165, 1.54) is 0 Å². The lowest BCUT2D eigenvalue weighted by molar-refractivity contribution is 0.0682. The van der Waals surface area contributed by atoms with Gasteiger partial charge in [-0.15, -0.1) is 0 Å². The van der Waals surface area contributed by atoms with Crippen molar-refractivity contribution < 1.29 is 14.4 Å². The molecule has 5 heteroatoms. The molecule has 2 heterocycles. The van der Waals surface area contributed by atoms with Crippen LogP contribution >= 0.6 is 0 Å². The van der Waals surface area contributed by atoms with Crippen LogP contribution in [-0.4, -0.2) is 40.3 Å². The summed E-state index contributed by atoms with van der Waals surface area (Å²) < 4.78 is 5.00. The molecule has 1 aliphatic heterocycles. The number of aliphatic hydroxyl groups is 1. The quantitative estimate of drug-likeness (QED) is 0.860. The lowest BCUT2D eigenvalue weighted by Crippen LogP contribution is -2.35. The average Bonchev–Trinajstić information content (AvgIpc) is 2.94. The van der Waals surface area contributed by atoms with Crippen LogP contribution in [0, 0.1) is 6.92 Å². The van der Waals surface area contributed by atoms with Crippen molar-refractivity contribution in [3.8, 4) is 0 Å². The molecule has 1 fully saturated rings. The van der Waals surface area contributed by atoms with E-state index in [4.69, 9.17) is 9.63 Å². The van der Waals surface area contributed by atoms with Crippen LogP contribution in [0.1, 0.15) is 41.9 Å². The van der Waals surface area contributed by atoms with E-state index in [0.717, 1.165) is 37.9 Å². The van der Waals surface area contributed by atoms with E-state index in [1.807, 2.05) is 4.90 Å². The normalized spacial score (nSPS) is 19.9. The van der Waals surface area contributed by atoms with Gasteiger partial charge in [-0.2, -0.15) is 0 Å². The second-order valence-electron chi connectivity index (χ2n) is 4.49. The van der Waals surface area contributed by atoms with Crippen LogP contribution in [0.3, 0.4) is 0 Å². The molecular formula is C12H18N2O3. The van der Waals surface area contributed by atoms with Crippen LogP contribution < -0.4 is 0 Å². The molecule has 5 nitrogen and oxygen atoms in total. The Morgan fingerprint density at radius 2 is 2.53 bits per heavy atom. The Balaban J connectivity index is 2.03. The van der Waals surface area contributed by atoms with E-state index >= 15 is 0 Å². The van der Waals surface area contributed by atoms with E-state index in [1.54, 1.807) is 13.0 Å². The molecule has 0 aromatic carbocycles. The first-order valence-electron chi connectivity index (χ1n) is 6.07. The Kier molecular flexibility index (Phi) is 3.78. The lowest BCUT2D eigenvalue weighted by atomic mass is 10.1. The molecule has 1 aliphatic rings. The van der Waals surface area contributed by atoms with Gasteiger partial charge >= 0.3 is 0 Å². The largest absolute Gasteiger partial charge is 0.396 e. The molecule has 0 radical (unpaired) electrons. The van der Waals surface area contributed by atoms with Crippen molar-refractivity contribution in [1.82, 2.24) is 10.1 Å². The van der Waals surface area contributed by atoms with Gasteiger partial charge in [0.15, 0.2) is 0 Å². The van der Waals surface area contributed by atoms with Gasteiger partial charge in [0.05, 0.1) is 5.69 Å². The first-order chi connectivity index (χ1) is 8.22. The van der Waals surface area contributed by atoms with Gasteiger partial charge in [-0.05, 0) is 32.6 Å². The topological polar surface area (TPSA) is 66.6 Å². The first kappa shape index (κ1) is 12.1. The zero-order chi connectivity index (χ0) is 12.3. The molecule has 1 N–H and O–H groups in total. The third-order valence-corrected chi connectivity index (χ3v) is 3.17. The van der Waals surface area contributed by atoms with Crippen LogP contribution in [0.4, 0.5) is 0 Å². The number of aryl methyl sites for hydroxylation is 1.